The monoisotopic (exact) mass is 787 g/mol. The predicted octanol–water partition coefficient (Wildman–Crippen LogP) is 7.08. The highest BCUT2D eigenvalue weighted by Gasteiger charge is 2.27. The number of ether oxygens (including phenoxy) is 2. The van der Waals surface area contributed by atoms with E-state index in [0.717, 1.165) is 67.1 Å². The summed E-state index contributed by atoms with van der Waals surface area (Å²) in [4.78, 5) is 47.0. The van der Waals surface area contributed by atoms with Gasteiger partial charge in [-0.25, -0.2) is 14.2 Å². The maximum atomic E-state index is 14.4. The molecule has 2 aliphatic rings. The molecule has 1 aliphatic carbocycles. The number of carbonyl (C=O) groups excluding carboxylic acids is 3. The van der Waals surface area contributed by atoms with Gasteiger partial charge in [0.2, 0.25) is 5.88 Å². The first-order chi connectivity index (χ1) is 28.2. The van der Waals surface area contributed by atoms with E-state index >= 15 is 0 Å². The number of nitrogens with zero attached hydrogens (tertiary/aromatic N) is 5. The van der Waals surface area contributed by atoms with Crippen molar-refractivity contribution in [3.63, 3.8) is 0 Å². The number of benzene rings is 3. The molecule has 302 valence electrons. The molecule has 2 fully saturated rings. The maximum Gasteiger partial charge on any atom is 0.410 e. The fourth-order valence-corrected chi connectivity index (χ4v) is 7.48. The average Bonchev–Trinajstić information content (AvgIpc) is 3.59. The molecular weight excluding hydrogens is 738 g/mol. The Hall–Kier alpha value is -6.08. The summed E-state index contributed by atoms with van der Waals surface area (Å²) in [6.07, 6.45) is 5.35. The van der Waals surface area contributed by atoms with Crippen LogP contribution in [-0.2, 0) is 24.8 Å². The molecule has 3 amide bonds. The van der Waals surface area contributed by atoms with Gasteiger partial charge < -0.3 is 25.0 Å². The third-order valence-corrected chi connectivity index (χ3v) is 10.9. The lowest BCUT2D eigenvalue weighted by molar-refractivity contribution is 0.0714. The summed E-state index contributed by atoms with van der Waals surface area (Å²) in [5.41, 5.74) is 5.45. The number of rotatable bonds is 13. The molecule has 0 radical (unpaired) electrons. The number of carbonyl (C=O) groups is 3. The molecule has 2 N–H and O–H groups in total. The third kappa shape index (κ3) is 10.6. The summed E-state index contributed by atoms with van der Waals surface area (Å²) in [7, 11) is 1.80. The highest BCUT2D eigenvalue weighted by molar-refractivity contribution is 5.96. The van der Waals surface area contributed by atoms with Crippen molar-refractivity contribution in [1.82, 2.24) is 35.2 Å². The molecule has 1 saturated heterocycles. The van der Waals surface area contributed by atoms with Crippen LogP contribution in [-0.4, -0.2) is 87.3 Å². The molecule has 0 atom stereocenters. The molecule has 7 rings (SSSR count). The normalized spacial score (nSPS) is 17.1. The molecule has 1 aliphatic heterocycles. The Bertz CT molecular complexity index is 2180. The largest absolute Gasteiger partial charge is 0.445 e. The second-order valence-corrected chi connectivity index (χ2v) is 15.1. The van der Waals surface area contributed by atoms with E-state index in [1.54, 1.807) is 28.8 Å². The van der Waals surface area contributed by atoms with E-state index < -0.39 is 11.7 Å². The zero-order valence-electron chi connectivity index (χ0n) is 33.0. The molecule has 12 nitrogen and oxygen atoms in total. The second-order valence-electron chi connectivity index (χ2n) is 15.1. The van der Waals surface area contributed by atoms with E-state index in [-0.39, 0.29) is 42.1 Å². The van der Waals surface area contributed by atoms with E-state index in [2.05, 4.69) is 37.7 Å². The lowest BCUT2D eigenvalue weighted by Crippen LogP contribution is -2.49. The van der Waals surface area contributed by atoms with E-state index in [1.165, 1.54) is 5.56 Å². The van der Waals surface area contributed by atoms with Crippen LogP contribution in [0, 0.1) is 12.7 Å². The van der Waals surface area contributed by atoms with Gasteiger partial charge in [0, 0.05) is 51.0 Å². The number of hydrogen-bond acceptors (Lipinski definition) is 8. The Kier molecular flexibility index (Phi) is 13.1. The smallest absolute Gasteiger partial charge is 0.410 e. The van der Waals surface area contributed by atoms with Crippen molar-refractivity contribution >= 4 is 17.9 Å². The second kappa shape index (κ2) is 18.9. The molecule has 3 heterocycles. The summed E-state index contributed by atoms with van der Waals surface area (Å²) in [5, 5.41) is 10.3. The Morgan fingerprint density at radius 3 is 2.17 bits per heavy atom. The van der Waals surface area contributed by atoms with E-state index in [1.807, 2.05) is 67.6 Å². The quantitative estimate of drug-likeness (QED) is 0.130. The van der Waals surface area contributed by atoms with Gasteiger partial charge in [0.1, 0.15) is 29.4 Å². The first-order valence-electron chi connectivity index (χ1n) is 20.0. The third-order valence-electron chi connectivity index (χ3n) is 10.9. The molecule has 58 heavy (non-hydrogen) atoms. The Balaban J connectivity index is 0.883. The van der Waals surface area contributed by atoms with Gasteiger partial charge in [-0.3, -0.25) is 19.2 Å². The zero-order valence-corrected chi connectivity index (χ0v) is 33.0. The van der Waals surface area contributed by atoms with Crippen molar-refractivity contribution in [2.75, 3.05) is 32.7 Å². The molecule has 13 heteroatoms. The summed E-state index contributed by atoms with van der Waals surface area (Å²) in [5.74, 6) is -0.828. The minimum Gasteiger partial charge on any atom is -0.445 e. The number of amides is 3. The average molecular weight is 788 g/mol. The van der Waals surface area contributed by atoms with Crippen molar-refractivity contribution in [3.8, 4) is 22.8 Å². The van der Waals surface area contributed by atoms with Gasteiger partial charge in [0.25, 0.3) is 11.8 Å². The van der Waals surface area contributed by atoms with Crippen molar-refractivity contribution in [2.24, 2.45) is 7.05 Å². The summed E-state index contributed by atoms with van der Waals surface area (Å²) in [6.45, 7) is 6.04. The molecule has 5 aromatic rings. The van der Waals surface area contributed by atoms with Crippen LogP contribution in [0.1, 0.15) is 69.8 Å². The summed E-state index contributed by atoms with van der Waals surface area (Å²) in [6, 6.07) is 28.4. The fourth-order valence-electron chi connectivity index (χ4n) is 7.48. The Morgan fingerprint density at radius 1 is 0.793 bits per heavy atom. The molecule has 2 aromatic heterocycles. The molecule has 0 bridgehead atoms. The molecule has 0 spiro atoms. The van der Waals surface area contributed by atoms with Crippen LogP contribution in [0.4, 0.5) is 9.18 Å². The van der Waals surface area contributed by atoms with Gasteiger partial charge in [-0.2, -0.15) is 5.10 Å². The van der Waals surface area contributed by atoms with Crippen LogP contribution in [0.2, 0.25) is 0 Å². The van der Waals surface area contributed by atoms with E-state index in [9.17, 15) is 18.8 Å². The number of aryl methyl sites for hydroxylation is 3. The van der Waals surface area contributed by atoms with Crippen LogP contribution in [0.25, 0.3) is 11.1 Å². The van der Waals surface area contributed by atoms with E-state index in [0.29, 0.717) is 50.2 Å². The molecule has 1 saturated carbocycles. The van der Waals surface area contributed by atoms with Crippen molar-refractivity contribution < 1.29 is 28.2 Å². The molecule has 3 aromatic carbocycles. The van der Waals surface area contributed by atoms with Crippen molar-refractivity contribution in [2.45, 2.75) is 64.1 Å². The minimum atomic E-state index is -0.638. The van der Waals surface area contributed by atoms with Gasteiger partial charge in [0.15, 0.2) is 0 Å². The molecule has 0 unspecified atom stereocenters. The van der Waals surface area contributed by atoms with Crippen LogP contribution < -0.4 is 15.4 Å². The predicted molar refractivity (Wildman–Crippen MR) is 218 cm³/mol. The Morgan fingerprint density at radius 2 is 1.47 bits per heavy atom. The van der Waals surface area contributed by atoms with Gasteiger partial charge in [-0.15, -0.1) is 0 Å². The highest BCUT2D eigenvalue weighted by atomic mass is 19.1. The number of hydrogen-bond donors (Lipinski definition) is 2. The first-order valence-corrected chi connectivity index (χ1v) is 20.0. The number of piperazine rings is 1. The standard InChI is InChI=1S/C45H50FN7O5/c1-31-25-41(50-51(31)2)43(55)49-38-18-16-37(17-19-38)48-42(54)40-28-36(46)29-47-44(40)58-39-15-7-14-35(27-39)34-13-6-11-32(26-34)12-8-20-52-21-23-53(24-22-52)45(56)57-30-33-9-4-3-5-10-33/h3-7,9-11,13-15,25-29,37-38H,8,12,16-24,30H2,1-2H3,(H,48,54)(H,49,55). The van der Waals surface area contributed by atoms with Gasteiger partial charge >= 0.3 is 6.09 Å². The molecular formula is C45H50FN7O5. The number of pyridine rings is 1. The summed E-state index contributed by atoms with van der Waals surface area (Å²) >= 11 is 0. The van der Waals surface area contributed by atoms with Gasteiger partial charge in [-0.05, 0) is 98.5 Å². The number of nitrogens with one attached hydrogen (secondary N) is 2. The number of aromatic nitrogens is 3. The van der Waals surface area contributed by atoms with Crippen LogP contribution in [0.5, 0.6) is 11.6 Å². The van der Waals surface area contributed by atoms with Crippen LogP contribution in [0.3, 0.4) is 0 Å². The Labute approximate surface area is 338 Å². The van der Waals surface area contributed by atoms with Crippen molar-refractivity contribution in [1.29, 1.82) is 0 Å². The highest BCUT2D eigenvalue weighted by Crippen LogP contribution is 2.30. The van der Waals surface area contributed by atoms with Crippen molar-refractivity contribution in [3.05, 3.63) is 131 Å². The number of halogens is 1. The first kappa shape index (κ1) is 40.1. The lowest BCUT2D eigenvalue weighted by atomic mass is 9.91. The lowest BCUT2D eigenvalue weighted by Gasteiger charge is -2.34. The zero-order chi connectivity index (χ0) is 40.4. The van der Waals surface area contributed by atoms with Gasteiger partial charge in [-0.1, -0.05) is 66.7 Å². The minimum absolute atomic E-state index is 0.0118. The maximum absolute atomic E-state index is 14.4. The van der Waals surface area contributed by atoms with Gasteiger partial charge in [0.05, 0.1) is 6.20 Å². The van der Waals surface area contributed by atoms with E-state index in [4.69, 9.17) is 9.47 Å². The topological polar surface area (TPSA) is 131 Å². The summed E-state index contributed by atoms with van der Waals surface area (Å²) < 4.78 is 27.8. The van der Waals surface area contributed by atoms with Crippen LogP contribution >= 0.6 is 0 Å². The SMILES string of the molecule is Cc1cc(C(=O)NC2CCC(NC(=O)c3cc(F)cnc3Oc3cccc(-c4cccc(CCCN5CCN(C(=O)OCc6ccccc6)CC5)c4)c3)CC2)nn1C. The fraction of sp³-hybridized carbons (Fsp3) is 0.356. The van der Waals surface area contributed by atoms with Crippen LogP contribution in [0.15, 0.2) is 97.2 Å².